The van der Waals surface area contributed by atoms with Gasteiger partial charge in [0.25, 0.3) is 0 Å². The number of amides is 1. The van der Waals surface area contributed by atoms with Gasteiger partial charge in [0.2, 0.25) is 5.91 Å². The van der Waals surface area contributed by atoms with Crippen molar-refractivity contribution in [2.75, 3.05) is 19.4 Å². The van der Waals surface area contributed by atoms with Crippen molar-refractivity contribution in [3.8, 4) is 11.5 Å². The molecule has 1 aliphatic heterocycles. The van der Waals surface area contributed by atoms with Crippen LogP contribution in [-0.2, 0) is 18.4 Å². The van der Waals surface area contributed by atoms with Gasteiger partial charge < -0.3 is 18.9 Å². The molecule has 0 unspecified atom stereocenters. The van der Waals surface area contributed by atoms with Gasteiger partial charge in [-0.25, -0.2) is 0 Å². The molecule has 7 nitrogen and oxygen atoms in total. The van der Waals surface area contributed by atoms with Crippen LogP contribution in [0.25, 0.3) is 0 Å². The van der Waals surface area contributed by atoms with E-state index >= 15 is 0 Å². The maximum absolute atomic E-state index is 12.6. The molecule has 1 amide bonds. The molecule has 1 atom stereocenters. The average molecular weight is 425 g/mol. The summed E-state index contributed by atoms with van der Waals surface area (Å²) in [5.41, 5.74) is 2.33. The van der Waals surface area contributed by atoms with E-state index < -0.39 is 0 Å². The van der Waals surface area contributed by atoms with E-state index in [2.05, 4.69) is 23.2 Å². The second-order valence-corrected chi connectivity index (χ2v) is 8.17. The van der Waals surface area contributed by atoms with Crippen LogP contribution >= 0.6 is 11.8 Å². The van der Waals surface area contributed by atoms with Crippen molar-refractivity contribution in [3.05, 3.63) is 65.5 Å². The molecule has 156 valence electrons. The fraction of sp³-hybridized carbons (Fsp3) is 0.318. The topological polar surface area (TPSA) is 69.5 Å². The lowest BCUT2D eigenvalue weighted by molar-refractivity contribution is -0.127. The summed E-state index contributed by atoms with van der Waals surface area (Å²) < 4.78 is 13.7. The first-order chi connectivity index (χ1) is 14.5. The van der Waals surface area contributed by atoms with Crippen molar-refractivity contribution in [2.24, 2.45) is 7.05 Å². The summed E-state index contributed by atoms with van der Waals surface area (Å²) >= 11 is 1.37. The van der Waals surface area contributed by atoms with E-state index in [-0.39, 0.29) is 12.0 Å². The molecular weight excluding hydrogens is 400 g/mol. The molecule has 4 rings (SSSR count). The fourth-order valence-electron chi connectivity index (χ4n) is 3.25. The Bertz CT molecular complexity index is 1050. The largest absolute Gasteiger partial charge is 0.485 e. The third-order valence-electron chi connectivity index (χ3n) is 5.08. The van der Waals surface area contributed by atoms with Crippen molar-refractivity contribution in [3.63, 3.8) is 0 Å². The van der Waals surface area contributed by atoms with Crippen molar-refractivity contribution >= 4 is 17.7 Å². The number of ether oxygens (including phenoxy) is 2. The van der Waals surface area contributed by atoms with Crippen molar-refractivity contribution in [2.45, 2.75) is 24.7 Å². The minimum absolute atomic E-state index is 0.0407. The van der Waals surface area contributed by atoms with Crippen LogP contribution in [0, 0.1) is 6.92 Å². The van der Waals surface area contributed by atoms with Gasteiger partial charge in [-0.3, -0.25) is 4.79 Å². The Labute approximate surface area is 180 Å². The van der Waals surface area contributed by atoms with Gasteiger partial charge in [-0.15, -0.1) is 10.2 Å². The number of carbonyl (C=O) groups excluding carboxylic acids is 1. The Morgan fingerprint density at radius 3 is 2.70 bits per heavy atom. The van der Waals surface area contributed by atoms with Gasteiger partial charge in [-0.2, -0.15) is 0 Å². The van der Waals surface area contributed by atoms with Crippen LogP contribution in [0.3, 0.4) is 0 Å². The zero-order valence-electron chi connectivity index (χ0n) is 17.2. The molecule has 0 aliphatic carbocycles. The number of rotatable bonds is 6. The SMILES string of the molecule is Cc1ccccc1CN(C)C(=O)CSc1nnc([C@@H]2COc3ccccc3O2)n1C. The number of nitrogens with zero attached hydrogens (tertiary/aromatic N) is 4. The molecule has 0 saturated heterocycles. The van der Waals surface area contributed by atoms with Gasteiger partial charge in [0, 0.05) is 20.6 Å². The van der Waals surface area contributed by atoms with E-state index in [1.54, 1.807) is 4.90 Å². The summed E-state index contributed by atoms with van der Waals surface area (Å²) in [6.07, 6.45) is -0.341. The van der Waals surface area contributed by atoms with Gasteiger partial charge >= 0.3 is 0 Å². The van der Waals surface area contributed by atoms with Crippen LogP contribution in [-0.4, -0.2) is 45.0 Å². The Morgan fingerprint density at radius 1 is 1.17 bits per heavy atom. The molecule has 0 N–H and O–H groups in total. The Morgan fingerprint density at radius 2 is 1.90 bits per heavy atom. The zero-order chi connectivity index (χ0) is 21.1. The first-order valence-electron chi connectivity index (χ1n) is 9.72. The van der Waals surface area contributed by atoms with E-state index in [9.17, 15) is 4.79 Å². The highest BCUT2D eigenvalue weighted by atomic mass is 32.2. The van der Waals surface area contributed by atoms with E-state index in [1.807, 2.05) is 61.1 Å². The van der Waals surface area contributed by atoms with E-state index in [0.717, 1.165) is 11.3 Å². The molecule has 30 heavy (non-hydrogen) atoms. The summed E-state index contributed by atoms with van der Waals surface area (Å²) in [7, 11) is 3.70. The number of aryl methyl sites for hydroxylation is 1. The van der Waals surface area contributed by atoms with Crippen molar-refractivity contribution < 1.29 is 14.3 Å². The van der Waals surface area contributed by atoms with Gasteiger partial charge in [-0.05, 0) is 30.2 Å². The van der Waals surface area contributed by atoms with Crippen molar-refractivity contribution in [1.82, 2.24) is 19.7 Å². The standard InChI is InChI=1S/C22H24N4O3S/c1-15-8-4-5-9-16(15)12-25(2)20(27)14-30-22-24-23-21(26(22)3)19-13-28-17-10-6-7-11-18(17)29-19/h4-11,19H,12-14H2,1-3H3/t19-/m0/s1. The normalized spacial score (nSPS) is 15.1. The monoisotopic (exact) mass is 424 g/mol. The molecule has 0 radical (unpaired) electrons. The van der Waals surface area contributed by atoms with Crippen LogP contribution < -0.4 is 9.47 Å². The van der Waals surface area contributed by atoms with Crippen molar-refractivity contribution in [1.29, 1.82) is 0 Å². The summed E-state index contributed by atoms with van der Waals surface area (Å²) in [5.74, 6) is 2.43. The first kappa shape index (κ1) is 20.3. The number of hydrogen-bond acceptors (Lipinski definition) is 6. The van der Waals surface area contributed by atoms with Gasteiger partial charge in [0.1, 0.15) is 6.61 Å². The molecule has 2 heterocycles. The quantitative estimate of drug-likeness (QED) is 0.565. The third kappa shape index (κ3) is 4.28. The number of hydrogen-bond donors (Lipinski definition) is 0. The number of para-hydroxylation sites is 2. The van der Waals surface area contributed by atoms with Gasteiger partial charge in [0.05, 0.1) is 5.75 Å². The van der Waals surface area contributed by atoms with Gasteiger partial charge in [0.15, 0.2) is 28.6 Å². The molecule has 0 spiro atoms. The molecule has 0 bridgehead atoms. The highest BCUT2D eigenvalue weighted by Gasteiger charge is 2.27. The third-order valence-corrected chi connectivity index (χ3v) is 6.09. The highest BCUT2D eigenvalue weighted by molar-refractivity contribution is 7.99. The lowest BCUT2D eigenvalue weighted by Gasteiger charge is -2.25. The smallest absolute Gasteiger partial charge is 0.233 e. The number of aromatic nitrogens is 3. The molecule has 3 aromatic rings. The summed E-state index contributed by atoms with van der Waals surface area (Å²) in [4.78, 5) is 14.3. The minimum atomic E-state index is -0.341. The first-order valence-corrected chi connectivity index (χ1v) is 10.7. The molecule has 1 aromatic heterocycles. The van der Waals surface area contributed by atoms with E-state index in [0.29, 0.717) is 35.6 Å². The molecule has 0 fully saturated rings. The average Bonchev–Trinajstić information content (AvgIpc) is 3.13. The molecular formula is C22H24N4O3S. The van der Waals surface area contributed by atoms with Crippen LogP contribution in [0.15, 0.2) is 53.7 Å². The maximum Gasteiger partial charge on any atom is 0.233 e. The Balaban J connectivity index is 1.36. The summed E-state index contributed by atoms with van der Waals surface area (Å²) in [5, 5.41) is 9.19. The van der Waals surface area contributed by atoms with Gasteiger partial charge in [-0.1, -0.05) is 48.2 Å². The molecule has 1 aliphatic rings. The molecule has 2 aromatic carbocycles. The Kier molecular flexibility index (Phi) is 5.94. The number of thioether (sulfide) groups is 1. The predicted molar refractivity (Wildman–Crippen MR) is 115 cm³/mol. The second-order valence-electron chi connectivity index (χ2n) is 7.23. The van der Waals surface area contributed by atoms with E-state index in [1.165, 1.54) is 17.3 Å². The zero-order valence-corrected chi connectivity index (χ0v) is 18.1. The van der Waals surface area contributed by atoms with E-state index in [4.69, 9.17) is 9.47 Å². The van der Waals surface area contributed by atoms with Crippen LogP contribution in [0.5, 0.6) is 11.5 Å². The predicted octanol–water partition coefficient (Wildman–Crippen LogP) is 3.39. The van der Waals surface area contributed by atoms with Crippen LogP contribution in [0.4, 0.5) is 0 Å². The minimum Gasteiger partial charge on any atom is -0.485 e. The summed E-state index contributed by atoms with van der Waals surface area (Å²) in [6, 6.07) is 15.7. The number of carbonyl (C=O) groups is 1. The number of benzene rings is 2. The Hall–Kier alpha value is -3.00. The number of fused-ring (bicyclic) bond motifs is 1. The summed E-state index contributed by atoms with van der Waals surface area (Å²) in [6.45, 7) is 3.01. The second kappa shape index (κ2) is 8.79. The fourth-order valence-corrected chi connectivity index (χ4v) is 4.11. The van der Waals surface area contributed by atoms with Crippen LogP contribution in [0.1, 0.15) is 23.1 Å². The lowest BCUT2D eigenvalue weighted by atomic mass is 10.1. The lowest BCUT2D eigenvalue weighted by Crippen LogP contribution is -2.28. The van der Waals surface area contributed by atoms with Crippen LogP contribution in [0.2, 0.25) is 0 Å². The molecule has 0 saturated carbocycles. The molecule has 8 heteroatoms. The highest BCUT2D eigenvalue weighted by Crippen LogP contribution is 2.35. The maximum atomic E-state index is 12.6.